The highest BCUT2D eigenvalue weighted by Gasteiger charge is 2.52. The normalized spacial score (nSPS) is 40.9. The van der Waals surface area contributed by atoms with E-state index in [0.717, 1.165) is 25.7 Å². The average Bonchev–Trinajstić information content (AvgIpc) is 2.18. The molecule has 0 amide bonds. The molecule has 3 aliphatic carbocycles. The van der Waals surface area contributed by atoms with E-state index in [1.807, 2.05) is 0 Å². The van der Waals surface area contributed by atoms with Gasteiger partial charge in [-0.1, -0.05) is 45.3 Å². The van der Waals surface area contributed by atoms with E-state index in [-0.39, 0.29) is 0 Å². The van der Waals surface area contributed by atoms with Gasteiger partial charge in [-0.25, -0.2) is 0 Å². The van der Waals surface area contributed by atoms with Crippen molar-refractivity contribution in [2.45, 2.75) is 65.4 Å². The summed E-state index contributed by atoms with van der Waals surface area (Å²) in [5, 5.41) is 10.8. The molecule has 0 saturated heterocycles. The van der Waals surface area contributed by atoms with E-state index < -0.39 is 5.60 Å². The summed E-state index contributed by atoms with van der Waals surface area (Å²) in [6.07, 6.45) is 7.85. The molecule has 1 fully saturated rings. The first kappa shape index (κ1) is 12.2. The molecule has 3 rings (SSSR count). The molecule has 0 aromatic carbocycles. The standard InChI is InChI=1S/C15H26O/c1-5-6-7-15(16)10-13-11(2)8-12(15)9-14(13,3)4/h8,12-13,16H,5-7,9-10H2,1-4H3/t12-,13+,15-/m1/s1. The molecule has 3 aliphatic rings. The van der Waals surface area contributed by atoms with Gasteiger partial charge in [0.25, 0.3) is 0 Å². The summed E-state index contributed by atoms with van der Waals surface area (Å²) in [6.45, 7) is 9.18. The van der Waals surface area contributed by atoms with Crippen LogP contribution >= 0.6 is 0 Å². The predicted octanol–water partition coefficient (Wildman–Crippen LogP) is 3.92. The van der Waals surface area contributed by atoms with E-state index in [0.29, 0.717) is 17.3 Å². The van der Waals surface area contributed by atoms with Gasteiger partial charge >= 0.3 is 0 Å². The summed E-state index contributed by atoms with van der Waals surface area (Å²) in [5.41, 5.74) is 1.51. The van der Waals surface area contributed by atoms with Crippen molar-refractivity contribution in [2.24, 2.45) is 17.3 Å². The predicted molar refractivity (Wildman–Crippen MR) is 68.2 cm³/mol. The van der Waals surface area contributed by atoms with Crippen LogP contribution in [0.25, 0.3) is 0 Å². The lowest BCUT2D eigenvalue weighted by molar-refractivity contribution is -0.0982. The molecule has 1 N–H and O–H groups in total. The van der Waals surface area contributed by atoms with Crippen LogP contribution in [0, 0.1) is 17.3 Å². The van der Waals surface area contributed by atoms with Gasteiger partial charge in [0.15, 0.2) is 0 Å². The van der Waals surface area contributed by atoms with Crippen LogP contribution in [-0.2, 0) is 0 Å². The molecular weight excluding hydrogens is 196 g/mol. The summed E-state index contributed by atoms with van der Waals surface area (Å²) in [6, 6.07) is 0. The number of unbranched alkanes of at least 4 members (excludes halogenated alkanes) is 1. The number of hydrogen-bond donors (Lipinski definition) is 1. The zero-order valence-electron chi connectivity index (χ0n) is 11.2. The molecule has 0 spiro atoms. The minimum absolute atomic E-state index is 0.391. The maximum atomic E-state index is 10.8. The second-order valence-electron chi connectivity index (χ2n) is 6.67. The van der Waals surface area contributed by atoms with Gasteiger partial charge in [0.2, 0.25) is 0 Å². The minimum Gasteiger partial charge on any atom is -0.389 e. The third-order valence-electron chi connectivity index (χ3n) is 4.91. The van der Waals surface area contributed by atoms with Crippen LogP contribution in [0.2, 0.25) is 0 Å². The molecule has 0 unspecified atom stereocenters. The first-order chi connectivity index (χ1) is 7.39. The Morgan fingerprint density at radius 2 is 2.06 bits per heavy atom. The fourth-order valence-electron chi connectivity index (χ4n) is 3.88. The highest BCUT2D eigenvalue weighted by Crippen LogP contribution is 2.56. The second kappa shape index (κ2) is 3.87. The van der Waals surface area contributed by atoms with E-state index in [4.69, 9.17) is 0 Å². The Morgan fingerprint density at radius 3 is 2.56 bits per heavy atom. The third kappa shape index (κ3) is 1.84. The van der Waals surface area contributed by atoms with E-state index in [9.17, 15) is 5.11 Å². The van der Waals surface area contributed by atoms with Gasteiger partial charge in [0, 0.05) is 5.92 Å². The van der Waals surface area contributed by atoms with Crippen molar-refractivity contribution in [2.75, 3.05) is 0 Å². The fourth-order valence-corrected chi connectivity index (χ4v) is 3.88. The Bertz CT molecular complexity index is 303. The van der Waals surface area contributed by atoms with Gasteiger partial charge < -0.3 is 5.11 Å². The number of fused-ring (bicyclic) bond motifs is 2. The Morgan fingerprint density at radius 1 is 1.38 bits per heavy atom. The third-order valence-corrected chi connectivity index (χ3v) is 4.91. The summed E-state index contributed by atoms with van der Waals surface area (Å²) in [7, 11) is 0. The molecule has 0 radical (unpaired) electrons. The SMILES string of the molecule is CCCC[C@@]1(O)C[C@H]2C(C)=C[C@@H]1CC2(C)C. The van der Waals surface area contributed by atoms with Crippen molar-refractivity contribution >= 4 is 0 Å². The zero-order valence-corrected chi connectivity index (χ0v) is 11.2. The second-order valence-corrected chi connectivity index (χ2v) is 6.67. The first-order valence-electron chi connectivity index (χ1n) is 6.80. The van der Waals surface area contributed by atoms with Crippen molar-refractivity contribution in [1.82, 2.24) is 0 Å². The lowest BCUT2D eigenvalue weighted by Crippen LogP contribution is -2.52. The molecule has 1 saturated carbocycles. The Kier molecular flexibility index (Phi) is 2.94. The summed E-state index contributed by atoms with van der Waals surface area (Å²) < 4.78 is 0. The molecule has 16 heavy (non-hydrogen) atoms. The number of hydrogen-bond acceptors (Lipinski definition) is 1. The molecule has 2 bridgehead atoms. The van der Waals surface area contributed by atoms with Crippen LogP contribution < -0.4 is 0 Å². The summed E-state index contributed by atoms with van der Waals surface area (Å²) in [4.78, 5) is 0. The lowest BCUT2D eigenvalue weighted by Gasteiger charge is -2.55. The van der Waals surface area contributed by atoms with Crippen molar-refractivity contribution in [3.63, 3.8) is 0 Å². The molecule has 0 aromatic rings. The van der Waals surface area contributed by atoms with Crippen molar-refractivity contribution < 1.29 is 5.11 Å². The minimum atomic E-state index is -0.393. The van der Waals surface area contributed by atoms with E-state index in [1.54, 1.807) is 0 Å². The maximum Gasteiger partial charge on any atom is 0.0716 e. The molecule has 1 nitrogen and oxygen atoms in total. The van der Waals surface area contributed by atoms with Gasteiger partial charge in [0.05, 0.1) is 5.60 Å². The Balaban J connectivity index is 2.20. The molecule has 1 heteroatoms. The average molecular weight is 222 g/mol. The van der Waals surface area contributed by atoms with Gasteiger partial charge in [-0.05, 0) is 37.5 Å². The lowest BCUT2D eigenvalue weighted by atomic mass is 9.52. The van der Waals surface area contributed by atoms with Gasteiger partial charge in [-0.2, -0.15) is 0 Å². The monoisotopic (exact) mass is 222 g/mol. The highest BCUT2D eigenvalue weighted by atomic mass is 16.3. The van der Waals surface area contributed by atoms with Crippen LogP contribution in [-0.4, -0.2) is 10.7 Å². The first-order valence-corrected chi connectivity index (χ1v) is 6.80. The zero-order chi connectivity index (χ0) is 12.0. The Hall–Kier alpha value is -0.300. The van der Waals surface area contributed by atoms with Crippen LogP contribution in [0.1, 0.15) is 59.8 Å². The van der Waals surface area contributed by atoms with Crippen LogP contribution in [0.5, 0.6) is 0 Å². The topological polar surface area (TPSA) is 20.2 Å². The van der Waals surface area contributed by atoms with Crippen LogP contribution in [0.15, 0.2) is 11.6 Å². The quantitative estimate of drug-likeness (QED) is 0.718. The molecule has 92 valence electrons. The van der Waals surface area contributed by atoms with Crippen molar-refractivity contribution in [1.29, 1.82) is 0 Å². The summed E-state index contributed by atoms with van der Waals surface area (Å²) >= 11 is 0. The largest absolute Gasteiger partial charge is 0.389 e. The molecule has 0 aromatic heterocycles. The molecule has 0 heterocycles. The highest BCUT2D eigenvalue weighted by molar-refractivity contribution is 5.24. The van der Waals surface area contributed by atoms with E-state index >= 15 is 0 Å². The smallest absolute Gasteiger partial charge is 0.0716 e. The van der Waals surface area contributed by atoms with Crippen molar-refractivity contribution in [3.8, 4) is 0 Å². The van der Waals surface area contributed by atoms with E-state index in [2.05, 4.69) is 33.8 Å². The summed E-state index contributed by atoms with van der Waals surface area (Å²) in [5.74, 6) is 0.999. The number of aliphatic hydroxyl groups is 1. The maximum absolute atomic E-state index is 10.8. The molecule has 3 atom stereocenters. The molecular formula is C15H26O. The molecule has 0 aliphatic heterocycles. The van der Waals surface area contributed by atoms with Gasteiger partial charge in [-0.3, -0.25) is 0 Å². The Labute approximate surface area is 99.9 Å². The van der Waals surface area contributed by atoms with Gasteiger partial charge in [0.1, 0.15) is 0 Å². The number of allylic oxidation sites excluding steroid dienone is 1. The fraction of sp³-hybridized carbons (Fsp3) is 0.867. The number of rotatable bonds is 3. The van der Waals surface area contributed by atoms with E-state index in [1.165, 1.54) is 12.0 Å². The van der Waals surface area contributed by atoms with Crippen LogP contribution in [0.4, 0.5) is 0 Å². The van der Waals surface area contributed by atoms with Crippen molar-refractivity contribution in [3.05, 3.63) is 11.6 Å². The van der Waals surface area contributed by atoms with Crippen LogP contribution in [0.3, 0.4) is 0 Å². The van der Waals surface area contributed by atoms with Gasteiger partial charge in [-0.15, -0.1) is 0 Å².